The quantitative estimate of drug-likeness (QED) is 0.757. The third kappa shape index (κ3) is 4.14. The van der Waals surface area contributed by atoms with Crippen molar-refractivity contribution in [1.29, 1.82) is 0 Å². The van der Waals surface area contributed by atoms with Gasteiger partial charge in [-0.2, -0.15) is 0 Å². The molecule has 5 nitrogen and oxygen atoms in total. The minimum absolute atomic E-state index is 0.233. The van der Waals surface area contributed by atoms with Crippen molar-refractivity contribution in [1.82, 2.24) is 4.90 Å². The molecule has 0 radical (unpaired) electrons. The number of fused-ring (bicyclic) bond motifs is 2. The lowest BCUT2D eigenvalue weighted by Crippen LogP contribution is -2.50. The Morgan fingerprint density at radius 1 is 1.10 bits per heavy atom. The Morgan fingerprint density at radius 2 is 1.79 bits per heavy atom. The van der Waals surface area contributed by atoms with Crippen molar-refractivity contribution < 1.29 is 14.6 Å². The lowest BCUT2D eigenvalue weighted by atomic mass is 9.70. The van der Waals surface area contributed by atoms with E-state index in [0.29, 0.717) is 18.6 Å². The summed E-state index contributed by atoms with van der Waals surface area (Å²) in [5, 5.41) is 10.6. The van der Waals surface area contributed by atoms with Crippen LogP contribution in [0.15, 0.2) is 24.3 Å². The number of aliphatic hydroxyl groups excluding tert-OH is 1. The van der Waals surface area contributed by atoms with Crippen LogP contribution < -0.4 is 9.64 Å². The molecule has 5 heteroatoms. The van der Waals surface area contributed by atoms with Crippen LogP contribution in [-0.4, -0.2) is 68.7 Å². The van der Waals surface area contributed by atoms with Gasteiger partial charge in [-0.25, -0.2) is 0 Å². The van der Waals surface area contributed by atoms with Gasteiger partial charge in [0.15, 0.2) is 0 Å². The first-order valence-electron chi connectivity index (χ1n) is 11.2. The molecule has 1 aliphatic heterocycles. The van der Waals surface area contributed by atoms with Gasteiger partial charge in [0.1, 0.15) is 5.75 Å². The Bertz CT molecular complexity index is 679. The number of benzene rings is 1. The number of hydrogen-bond acceptors (Lipinski definition) is 5. The van der Waals surface area contributed by atoms with Crippen molar-refractivity contribution >= 4 is 5.69 Å². The van der Waals surface area contributed by atoms with Crippen LogP contribution in [-0.2, 0) is 4.74 Å². The molecule has 1 heterocycles. The van der Waals surface area contributed by atoms with Crippen LogP contribution in [0.25, 0.3) is 0 Å². The number of anilines is 1. The fourth-order valence-electron chi connectivity index (χ4n) is 6.21. The van der Waals surface area contributed by atoms with Gasteiger partial charge in [0.25, 0.3) is 0 Å². The molecule has 0 unspecified atom stereocenters. The summed E-state index contributed by atoms with van der Waals surface area (Å²) in [5.41, 5.74) is 1.77. The van der Waals surface area contributed by atoms with Gasteiger partial charge in [-0.1, -0.05) is 20.8 Å². The van der Waals surface area contributed by atoms with Crippen LogP contribution in [0.3, 0.4) is 0 Å². The van der Waals surface area contributed by atoms with Crippen LogP contribution in [0.5, 0.6) is 5.75 Å². The fourth-order valence-corrected chi connectivity index (χ4v) is 6.21. The van der Waals surface area contributed by atoms with E-state index in [1.165, 1.54) is 24.9 Å². The summed E-state index contributed by atoms with van der Waals surface area (Å²) >= 11 is 0. The molecule has 4 rings (SSSR count). The normalized spacial score (nSPS) is 32.5. The average Bonchev–Trinajstić information content (AvgIpc) is 3.19. The highest BCUT2D eigenvalue weighted by molar-refractivity contribution is 5.49. The molecule has 4 atom stereocenters. The van der Waals surface area contributed by atoms with Crippen molar-refractivity contribution in [2.24, 2.45) is 16.7 Å². The summed E-state index contributed by atoms with van der Waals surface area (Å²) in [5.74, 6) is 1.67. The van der Waals surface area contributed by atoms with Gasteiger partial charge < -0.3 is 19.5 Å². The number of aliphatic hydroxyl groups is 1. The molecule has 0 amide bonds. The zero-order chi connectivity index (χ0) is 20.6. The summed E-state index contributed by atoms with van der Waals surface area (Å²) in [4.78, 5) is 4.76. The van der Waals surface area contributed by atoms with Crippen LogP contribution in [0.2, 0.25) is 0 Å². The molecule has 2 saturated carbocycles. The maximum atomic E-state index is 10.6. The predicted molar refractivity (Wildman–Crippen MR) is 117 cm³/mol. The Morgan fingerprint density at radius 3 is 2.38 bits per heavy atom. The van der Waals surface area contributed by atoms with E-state index >= 15 is 0 Å². The average molecular weight is 403 g/mol. The van der Waals surface area contributed by atoms with E-state index in [0.717, 1.165) is 37.8 Å². The molecule has 1 saturated heterocycles. The molecule has 3 fully saturated rings. The molecule has 0 spiro atoms. The molecular formula is C24H38N2O3. The molecule has 162 valence electrons. The number of methoxy groups -OCH3 is 1. The Labute approximate surface area is 176 Å². The monoisotopic (exact) mass is 402 g/mol. The second-order valence-corrected chi connectivity index (χ2v) is 10.3. The van der Waals surface area contributed by atoms with Crippen LogP contribution in [0, 0.1) is 16.7 Å². The minimum atomic E-state index is -0.416. The van der Waals surface area contributed by atoms with Crippen molar-refractivity contribution in [3.8, 4) is 5.75 Å². The zero-order valence-corrected chi connectivity index (χ0v) is 18.6. The first-order valence-corrected chi connectivity index (χ1v) is 11.2. The van der Waals surface area contributed by atoms with Gasteiger partial charge in [0, 0.05) is 38.4 Å². The largest absolute Gasteiger partial charge is 0.497 e. The second kappa shape index (κ2) is 8.09. The van der Waals surface area contributed by atoms with E-state index in [-0.39, 0.29) is 11.5 Å². The number of rotatable bonds is 7. The highest BCUT2D eigenvalue weighted by Crippen LogP contribution is 2.63. The second-order valence-electron chi connectivity index (χ2n) is 10.3. The maximum absolute atomic E-state index is 10.6. The standard InChI is InChI=1S/C24H38N2O3/c1-23(2)18-9-10-24(3,15-18)22(23)29-17-20(27)16-25-11-13-26(14-12-25)19-5-7-21(28-4)8-6-19/h5-8,18,20,22,27H,9-17H2,1-4H3/t18-,20+,22+,24+/m0/s1. The summed E-state index contributed by atoms with van der Waals surface area (Å²) in [6.07, 6.45) is 3.75. The van der Waals surface area contributed by atoms with E-state index in [2.05, 4.69) is 42.7 Å². The number of β-amino-alcohol motifs (C(OH)–C–C–N with tert-alkyl or cyclic N) is 1. The molecule has 2 bridgehead atoms. The summed E-state index contributed by atoms with van der Waals surface area (Å²) in [6.45, 7) is 12.2. The highest BCUT2D eigenvalue weighted by Gasteiger charge is 2.60. The van der Waals surface area contributed by atoms with Crippen LogP contribution >= 0.6 is 0 Å². The molecular weight excluding hydrogens is 364 g/mol. The third-order valence-electron chi connectivity index (χ3n) is 7.87. The predicted octanol–water partition coefficient (Wildman–Crippen LogP) is 3.41. The molecule has 0 aromatic heterocycles. The molecule has 1 N–H and O–H groups in total. The Kier molecular flexibility index (Phi) is 5.84. The van der Waals surface area contributed by atoms with Crippen LogP contribution in [0.4, 0.5) is 5.69 Å². The first-order chi connectivity index (χ1) is 13.8. The SMILES string of the molecule is COc1ccc(N2CCN(C[C@@H](O)CO[C@@H]3C(C)(C)[C@H]4CC[C@]3(C)C4)CC2)cc1. The molecule has 29 heavy (non-hydrogen) atoms. The Hall–Kier alpha value is -1.30. The van der Waals surface area contributed by atoms with Gasteiger partial charge in [0.05, 0.1) is 25.9 Å². The number of hydrogen-bond donors (Lipinski definition) is 1. The van der Waals surface area contributed by atoms with Gasteiger partial charge >= 0.3 is 0 Å². The third-order valence-corrected chi connectivity index (χ3v) is 7.87. The zero-order valence-electron chi connectivity index (χ0n) is 18.6. The number of ether oxygens (including phenoxy) is 2. The summed E-state index contributed by atoms with van der Waals surface area (Å²) in [7, 11) is 1.70. The van der Waals surface area contributed by atoms with Crippen LogP contribution in [0.1, 0.15) is 40.0 Å². The lowest BCUT2D eigenvalue weighted by molar-refractivity contribution is -0.113. The maximum Gasteiger partial charge on any atom is 0.119 e. The first kappa shape index (κ1) is 21.0. The van der Waals surface area contributed by atoms with E-state index in [4.69, 9.17) is 9.47 Å². The molecule has 1 aromatic carbocycles. The molecule has 3 aliphatic rings. The van der Waals surface area contributed by atoms with Gasteiger partial charge in [-0.05, 0) is 60.3 Å². The van der Waals surface area contributed by atoms with Gasteiger partial charge in [-0.15, -0.1) is 0 Å². The highest BCUT2D eigenvalue weighted by atomic mass is 16.5. The van der Waals surface area contributed by atoms with Gasteiger partial charge in [-0.3, -0.25) is 4.90 Å². The van der Waals surface area contributed by atoms with E-state index in [1.54, 1.807) is 7.11 Å². The topological polar surface area (TPSA) is 45.2 Å². The van der Waals surface area contributed by atoms with Crippen molar-refractivity contribution in [2.45, 2.75) is 52.2 Å². The minimum Gasteiger partial charge on any atom is -0.497 e. The summed E-state index contributed by atoms with van der Waals surface area (Å²) < 4.78 is 11.6. The number of piperazine rings is 1. The Balaban J connectivity index is 1.22. The van der Waals surface area contributed by atoms with Crippen molar-refractivity contribution in [2.75, 3.05) is 51.3 Å². The van der Waals surface area contributed by atoms with Crippen molar-refractivity contribution in [3.63, 3.8) is 0 Å². The number of nitrogens with zero attached hydrogens (tertiary/aromatic N) is 2. The van der Waals surface area contributed by atoms with Gasteiger partial charge in [0.2, 0.25) is 0 Å². The molecule has 2 aliphatic carbocycles. The van der Waals surface area contributed by atoms with Crippen molar-refractivity contribution in [3.05, 3.63) is 24.3 Å². The van der Waals surface area contributed by atoms with E-state index in [1.807, 2.05) is 12.1 Å². The fraction of sp³-hybridized carbons (Fsp3) is 0.750. The van der Waals surface area contributed by atoms with E-state index < -0.39 is 6.10 Å². The lowest BCUT2D eigenvalue weighted by Gasteiger charge is -2.43. The van der Waals surface area contributed by atoms with E-state index in [9.17, 15) is 5.11 Å². The smallest absolute Gasteiger partial charge is 0.119 e. The molecule has 1 aromatic rings. The summed E-state index contributed by atoms with van der Waals surface area (Å²) in [6, 6.07) is 8.27.